The van der Waals surface area contributed by atoms with Crippen LogP contribution < -0.4 is 0 Å². The van der Waals surface area contributed by atoms with Crippen LogP contribution in [0.15, 0.2) is 0 Å². The van der Waals surface area contributed by atoms with Crippen LogP contribution >= 0.6 is 17.0 Å². The van der Waals surface area contributed by atoms with Gasteiger partial charge in [-0.05, 0) is 0 Å². The Morgan fingerprint density at radius 1 is 1.50 bits per heavy atom. The summed E-state index contributed by atoms with van der Waals surface area (Å²) in [5, 5.41) is 8.90. The summed E-state index contributed by atoms with van der Waals surface area (Å²) < 4.78 is 0.118. The maximum absolute atomic E-state index is 8.90. The summed E-state index contributed by atoms with van der Waals surface area (Å²) in [5.41, 5.74) is 0. The molecule has 2 atom stereocenters. The van der Waals surface area contributed by atoms with E-state index >= 15 is 0 Å². The van der Waals surface area contributed by atoms with Crippen LogP contribution in [0.4, 0.5) is 0 Å². The Balaban J connectivity index is 0. The molecule has 0 spiro atoms. The summed E-state index contributed by atoms with van der Waals surface area (Å²) >= 11 is 1.58. The van der Waals surface area contributed by atoms with E-state index in [2.05, 4.69) is 0 Å². The van der Waals surface area contributed by atoms with Crippen molar-refractivity contribution < 1.29 is 5.11 Å². The van der Waals surface area contributed by atoms with Crippen molar-refractivity contribution >= 4 is 33.8 Å². The Morgan fingerprint density at radius 3 is 1.62 bits per heavy atom. The molecular weight excluding hydrogens is 231 g/mol. The van der Waals surface area contributed by atoms with Crippen LogP contribution in [0.2, 0.25) is 4.20 Å². The summed E-state index contributed by atoms with van der Waals surface area (Å²) in [6.45, 7) is 5.90. The molecule has 0 aliphatic rings. The minimum absolute atomic E-state index is 0. The predicted octanol–water partition coefficient (Wildman–Crippen LogP) is 0.777. The zero-order chi connectivity index (χ0) is 6.08. The molecule has 0 aromatic carbocycles. The monoisotopic (exact) mass is 244 g/mol. The van der Waals surface area contributed by atoms with Crippen LogP contribution in [-0.4, -0.2) is 28.1 Å². The van der Waals surface area contributed by atoms with Gasteiger partial charge in [-0.3, -0.25) is 0 Å². The molecule has 0 fully saturated rings. The standard InChI is InChI=1S/C5H13AsO.BrH/c1-4(7)5(2,3)6;/h4,7H,6H2,1-3H3;1H. The molecule has 0 aromatic heterocycles. The zero-order valence-electron chi connectivity index (χ0n) is 5.51. The van der Waals surface area contributed by atoms with Crippen molar-refractivity contribution in [1.29, 1.82) is 0 Å². The molecule has 2 unspecified atom stereocenters. The minimum atomic E-state index is -0.174. The van der Waals surface area contributed by atoms with E-state index in [-0.39, 0.29) is 27.3 Å². The normalized spacial score (nSPS) is 14.6. The average molecular weight is 245 g/mol. The second kappa shape index (κ2) is 3.92. The van der Waals surface area contributed by atoms with Gasteiger partial charge < -0.3 is 0 Å². The molecule has 0 rings (SSSR count). The predicted molar refractivity (Wildman–Crippen MR) is 44.6 cm³/mol. The van der Waals surface area contributed by atoms with E-state index in [4.69, 9.17) is 5.11 Å². The van der Waals surface area contributed by atoms with Gasteiger partial charge in [0.05, 0.1) is 0 Å². The van der Waals surface area contributed by atoms with Gasteiger partial charge in [-0.1, -0.05) is 0 Å². The number of aliphatic hydroxyl groups excluding tert-OH is 1. The molecule has 0 saturated heterocycles. The molecule has 52 valence electrons. The van der Waals surface area contributed by atoms with Crippen LogP contribution in [0, 0.1) is 0 Å². The summed E-state index contributed by atoms with van der Waals surface area (Å²) in [5.74, 6) is 0. The molecule has 1 nitrogen and oxygen atoms in total. The molecule has 0 aliphatic heterocycles. The topological polar surface area (TPSA) is 20.2 Å². The maximum atomic E-state index is 8.90. The number of halogens is 1. The van der Waals surface area contributed by atoms with Gasteiger partial charge in [-0.25, -0.2) is 0 Å². The first-order valence-electron chi connectivity index (χ1n) is 2.41. The summed E-state index contributed by atoms with van der Waals surface area (Å²) in [6, 6.07) is 0. The van der Waals surface area contributed by atoms with Crippen molar-refractivity contribution in [3.63, 3.8) is 0 Å². The third-order valence-electron chi connectivity index (χ3n) is 1.08. The van der Waals surface area contributed by atoms with Crippen molar-refractivity contribution in [3.05, 3.63) is 0 Å². The SMILES string of the molecule is Br.CC(O)C(C)(C)[AsH2]. The molecule has 0 heterocycles. The van der Waals surface area contributed by atoms with Gasteiger partial charge in [0, 0.05) is 0 Å². The molecule has 0 radical (unpaired) electrons. The van der Waals surface area contributed by atoms with E-state index in [0.717, 1.165) is 0 Å². The Labute approximate surface area is 70.1 Å². The van der Waals surface area contributed by atoms with Crippen LogP contribution in [0.1, 0.15) is 20.8 Å². The van der Waals surface area contributed by atoms with Crippen LogP contribution in [0.25, 0.3) is 0 Å². The van der Waals surface area contributed by atoms with Crippen LogP contribution in [-0.2, 0) is 0 Å². The van der Waals surface area contributed by atoms with Gasteiger partial charge >= 0.3 is 53.0 Å². The van der Waals surface area contributed by atoms with Gasteiger partial charge in [0.15, 0.2) is 0 Å². The molecule has 0 aromatic rings. The Morgan fingerprint density at radius 2 is 1.62 bits per heavy atom. The Kier molecular flexibility index (Phi) is 5.76. The molecule has 3 heteroatoms. The fraction of sp³-hybridized carbons (Fsp3) is 1.00. The second-order valence-electron chi connectivity index (χ2n) is 2.50. The number of aliphatic hydroxyl groups is 1. The number of hydrogen-bond acceptors (Lipinski definition) is 1. The first kappa shape index (κ1) is 11.8. The van der Waals surface area contributed by atoms with Gasteiger partial charge in [-0.2, -0.15) is 0 Å². The van der Waals surface area contributed by atoms with E-state index < -0.39 is 0 Å². The van der Waals surface area contributed by atoms with Gasteiger partial charge in [0.1, 0.15) is 0 Å². The van der Waals surface area contributed by atoms with Crippen molar-refractivity contribution in [1.82, 2.24) is 0 Å². The van der Waals surface area contributed by atoms with E-state index in [0.29, 0.717) is 0 Å². The van der Waals surface area contributed by atoms with Crippen molar-refractivity contribution in [2.24, 2.45) is 0 Å². The van der Waals surface area contributed by atoms with E-state index in [1.807, 2.05) is 20.8 Å². The molecule has 8 heavy (non-hydrogen) atoms. The molecular formula is C5H14AsBrO. The van der Waals surface area contributed by atoms with Crippen molar-refractivity contribution in [2.75, 3.05) is 0 Å². The Bertz CT molecular complexity index is 57.9. The third kappa shape index (κ3) is 5.14. The van der Waals surface area contributed by atoms with Crippen molar-refractivity contribution in [3.8, 4) is 0 Å². The van der Waals surface area contributed by atoms with Gasteiger partial charge in [0.25, 0.3) is 0 Å². The number of rotatable bonds is 1. The summed E-state index contributed by atoms with van der Waals surface area (Å²) in [7, 11) is 0. The molecule has 1 N–H and O–H groups in total. The third-order valence-corrected chi connectivity index (χ3v) is 2.09. The van der Waals surface area contributed by atoms with E-state index in [1.54, 1.807) is 16.9 Å². The van der Waals surface area contributed by atoms with Crippen LogP contribution in [0.5, 0.6) is 0 Å². The molecule has 0 amide bonds. The molecule has 0 saturated carbocycles. The van der Waals surface area contributed by atoms with E-state index in [9.17, 15) is 0 Å². The molecule has 0 aliphatic carbocycles. The first-order valence-corrected chi connectivity index (χ1v) is 3.62. The van der Waals surface area contributed by atoms with Gasteiger partial charge in [0.2, 0.25) is 0 Å². The van der Waals surface area contributed by atoms with Crippen molar-refractivity contribution in [2.45, 2.75) is 31.1 Å². The quantitative estimate of drug-likeness (QED) is 0.676. The summed E-state index contributed by atoms with van der Waals surface area (Å²) in [6.07, 6.45) is -0.174. The van der Waals surface area contributed by atoms with E-state index in [1.165, 1.54) is 0 Å². The summed E-state index contributed by atoms with van der Waals surface area (Å²) in [4.78, 5) is 0. The second-order valence-corrected chi connectivity index (χ2v) is 5.62. The number of hydrogen-bond donors (Lipinski definition) is 1. The first-order chi connectivity index (χ1) is 2.94. The van der Waals surface area contributed by atoms with Crippen LogP contribution in [0.3, 0.4) is 0 Å². The average Bonchev–Trinajstić information content (AvgIpc) is 1.31. The Hall–Kier alpha value is 0.998. The fourth-order valence-corrected chi connectivity index (χ4v) is 0. The molecule has 0 bridgehead atoms. The zero-order valence-corrected chi connectivity index (χ0v) is 9.65. The fourth-order valence-electron chi connectivity index (χ4n) is 0. The van der Waals surface area contributed by atoms with Gasteiger partial charge in [-0.15, -0.1) is 17.0 Å².